The molecule has 0 amide bonds. The molecule has 6 nitrogen and oxygen atoms in total. The van der Waals surface area contributed by atoms with E-state index in [0.717, 1.165) is 5.56 Å². The first-order valence-electron chi connectivity index (χ1n) is 6.72. The van der Waals surface area contributed by atoms with E-state index in [4.69, 9.17) is 5.73 Å². The summed E-state index contributed by atoms with van der Waals surface area (Å²) in [5.41, 5.74) is 7.09. The molecule has 1 atom stereocenters. The van der Waals surface area contributed by atoms with Crippen LogP contribution in [0.25, 0.3) is 0 Å². The van der Waals surface area contributed by atoms with Gasteiger partial charge in [-0.25, -0.2) is 8.42 Å². The topological polar surface area (TPSA) is 90.0 Å². The number of aromatic nitrogens is 2. The summed E-state index contributed by atoms with van der Waals surface area (Å²) in [4.78, 5) is 0.198. The van der Waals surface area contributed by atoms with E-state index >= 15 is 0 Å². The van der Waals surface area contributed by atoms with Crippen LogP contribution in [0.5, 0.6) is 0 Å². The predicted octanol–water partition coefficient (Wildman–Crippen LogP) is 2.28. The molecule has 7 heteroatoms. The van der Waals surface area contributed by atoms with Crippen LogP contribution in [0.15, 0.2) is 41.6 Å². The van der Waals surface area contributed by atoms with Crippen molar-refractivity contribution in [1.82, 2.24) is 9.78 Å². The number of nitrogens with zero attached hydrogens (tertiary/aromatic N) is 2. The van der Waals surface area contributed by atoms with Crippen molar-refractivity contribution in [3.63, 3.8) is 0 Å². The molecular weight excluding hydrogens is 288 g/mol. The van der Waals surface area contributed by atoms with Gasteiger partial charge >= 0.3 is 0 Å². The van der Waals surface area contributed by atoms with Crippen molar-refractivity contribution < 1.29 is 8.42 Å². The van der Waals surface area contributed by atoms with Crippen LogP contribution in [0.4, 0.5) is 5.69 Å². The minimum atomic E-state index is -3.61. The van der Waals surface area contributed by atoms with Gasteiger partial charge in [0.15, 0.2) is 0 Å². The summed E-state index contributed by atoms with van der Waals surface area (Å²) < 4.78 is 28.8. The summed E-state index contributed by atoms with van der Waals surface area (Å²) in [6.07, 6.45) is 3.16. The summed E-state index contributed by atoms with van der Waals surface area (Å²) in [6, 6.07) is 6.59. The van der Waals surface area contributed by atoms with E-state index in [1.807, 2.05) is 20.8 Å². The summed E-state index contributed by atoms with van der Waals surface area (Å²) in [5, 5.41) is 4.10. The van der Waals surface area contributed by atoms with Gasteiger partial charge in [0.05, 0.1) is 16.8 Å². The van der Waals surface area contributed by atoms with Crippen molar-refractivity contribution in [2.24, 2.45) is 5.73 Å². The van der Waals surface area contributed by atoms with Crippen LogP contribution in [-0.4, -0.2) is 18.2 Å². The van der Waals surface area contributed by atoms with Gasteiger partial charge in [0.25, 0.3) is 10.0 Å². The average molecular weight is 308 g/mol. The van der Waals surface area contributed by atoms with E-state index in [1.54, 1.807) is 35.1 Å². The third-order valence-corrected chi connectivity index (χ3v) is 4.50. The highest BCUT2D eigenvalue weighted by Crippen LogP contribution is 2.18. The van der Waals surface area contributed by atoms with E-state index in [-0.39, 0.29) is 17.0 Å². The molecule has 0 aliphatic rings. The second-order valence-electron chi connectivity index (χ2n) is 5.27. The Hall–Kier alpha value is -1.86. The average Bonchev–Trinajstić information content (AvgIpc) is 2.87. The second-order valence-corrected chi connectivity index (χ2v) is 6.95. The molecule has 114 valence electrons. The molecule has 1 aromatic carbocycles. The molecule has 0 saturated carbocycles. The van der Waals surface area contributed by atoms with E-state index in [2.05, 4.69) is 9.82 Å². The van der Waals surface area contributed by atoms with Crippen molar-refractivity contribution in [1.29, 1.82) is 0 Å². The highest BCUT2D eigenvalue weighted by atomic mass is 32.2. The molecule has 21 heavy (non-hydrogen) atoms. The van der Waals surface area contributed by atoms with Gasteiger partial charge in [-0.05, 0) is 38.5 Å². The monoisotopic (exact) mass is 308 g/mol. The third-order valence-electron chi connectivity index (χ3n) is 3.10. The quantitative estimate of drug-likeness (QED) is 0.886. The first-order chi connectivity index (χ1) is 9.79. The minimum Gasteiger partial charge on any atom is -0.324 e. The molecule has 1 unspecified atom stereocenters. The Balaban J connectivity index is 2.21. The van der Waals surface area contributed by atoms with E-state index in [0.29, 0.717) is 5.69 Å². The summed E-state index contributed by atoms with van der Waals surface area (Å²) in [5.74, 6) is 0. The molecule has 0 saturated heterocycles. The SMILES string of the molecule is CC(N)c1ccc(S(=O)(=O)Nc2cnn(C(C)C)c2)cc1. The van der Waals surface area contributed by atoms with Gasteiger partial charge in [0, 0.05) is 18.3 Å². The zero-order chi connectivity index (χ0) is 15.6. The first kappa shape index (κ1) is 15.5. The van der Waals surface area contributed by atoms with Gasteiger partial charge in [-0.3, -0.25) is 9.40 Å². The first-order valence-corrected chi connectivity index (χ1v) is 8.20. The lowest BCUT2D eigenvalue weighted by atomic mass is 10.1. The lowest BCUT2D eigenvalue weighted by Crippen LogP contribution is -2.13. The Morgan fingerprint density at radius 2 is 1.81 bits per heavy atom. The van der Waals surface area contributed by atoms with Crippen molar-refractivity contribution in [2.75, 3.05) is 4.72 Å². The molecule has 1 aromatic heterocycles. The molecule has 2 aromatic rings. The lowest BCUT2D eigenvalue weighted by molar-refractivity contribution is 0.532. The fourth-order valence-electron chi connectivity index (χ4n) is 1.84. The molecule has 0 radical (unpaired) electrons. The van der Waals surface area contributed by atoms with Crippen molar-refractivity contribution in [2.45, 2.75) is 37.8 Å². The Morgan fingerprint density at radius 3 is 2.29 bits per heavy atom. The van der Waals surface area contributed by atoms with Gasteiger partial charge in [-0.15, -0.1) is 0 Å². The smallest absolute Gasteiger partial charge is 0.261 e. The van der Waals surface area contributed by atoms with Crippen LogP contribution in [0.2, 0.25) is 0 Å². The second kappa shape index (κ2) is 5.87. The van der Waals surface area contributed by atoms with Crippen LogP contribution in [0, 0.1) is 0 Å². The number of hydrogen-bond acceptors (Lipinski definition) is 4. The fraction of sp³-hybridized carbons (Fsp3) is 0.357. The summed E-state index contributed by atoms with van der Waals surface area (Å²) >= 11 is 0. The van der Waals surface area contributed by atoms with E-state index in [9.17, 15) is 8.42 Å². The number of nitrogens with two attached hydrogens (primary N) is 1. The molecule has 0 aliphatic carbocycles. The maximum atomic E-state index is 12.3. The molecule has 0 aliphatic heterocycles. The van der Waals surface area contributed by atoms with Crippen molar-refractivity contribution >= 4 is 15.7 Å². The van der Waals surface area contributed by atoms with Crippen LogP contribution in [0.1, 0.15) is 38.4 Å². The van der Waals surface area contributed by atoms with Crippen LogP contribution < -0.4 is 10.5 Å². The summed E-state index contributed by atoms with van der Waals surface area (Å²) in [7, 11) is -3.61. The lowest BCUT2D eigenvalue weighted by Gasteiger charge is -2.09. The van der Waals surface area contributed by atoms with Crippen molar-refractivity contribution in [3.8, 4) is 0 Å². The Kier molecular flexibility index (Phi) is 4.34. The Labute approximate surface area is 125 Å². The molecule has 0 fully saturated rings. The van der Waals surface area contributed by atoms with E-state index in [1.165, 1.54) is 6.20 Å². The van der Waals surface area contributed by atoms with Gasteiger partial charge in [-0.1, -0.05) is 12.1 Å². The van der Waals surface area contributed by atoms with Crippen LogP contribution in [0.3, 0.4) is 0 Å². The maximum absolute atomic E-state index is 12.3. The molecule has 2 rings (SSSR count). The largest absolute Gasteiger partial charge is 0.324 e. The van der Waals surface area contributed by atoms with Crippen LogP contribution in [-0.2, 0) is 10.0 Å². The molecular formula is C14H20N4O2S. The number of benzene rings is 1. The summed E-state index contributed by atoms with van der Waals surface area (Å²) in [6.45, 7) is 5.79. The van der Waals surface area contributed by atoms with Crippen LogP contribution >= 0.6 is 0 Å². The molecule has 0 spiro atoms. The van der Waals surface area contributed by atoms with Gasteiger partial charge in [-0.2, -0.15) is 5.10 Å². The fourth-order valence-corrected chi connectivity index (χ4v) is 2.87. The van der Waals surface area contributed by atoms with E-state index < -0.39 is 10.0 Å². The highest BCUT2D eigenvalue weighted by Gasteiger charge is 2.15. The number of nitrogens with one attached hydrogen (secondary N) is 1. The maximum Gasteiger partial charge on any atom is 0.261 e. The third kappa shape index (κ3) is 3.62. The predicted molar refractivity (Wildman–Crippen MR) is 82.5 cm³/mol. The Bertz CT molecular complexity index is 703. The normalized spacial score (nSPS) is 13.4. The number of rotatable bonds is 5. The zero-order valence-corrected chi connectivity index (χ0v) is 13.1. The number of sulfonamides is 1. The van der Waals surface area contributed by atoms with Gasteiger partial charge in [0.2, 0.25) is 0 Å². The minimum absolute atomic E-state index is 0.126. The standard InChI is InChI=1S/C14H20N4O2S/c1-10(2)18-9-13(8-16-18)17-21(19,20)14-6-4-12(5-7-14)11(3)15/h4-11,17H,15H2,1-3H3. The molecule has 0 bridgehead atoms. The molecule has 1 heterocycles. The number of hydrogen-bond donors (Lipinski definition) is 2. The van der Waals surface area contributed by atoms with Gasteiger partial charge < -0.3 is 5.73 Å². The highest BCUT2D eigenvalue weighted by molar-refractivity contribution is 7.92. The zero-order valence-electron chi connectivity index (χ0n) is 12.3. The molecule has 3 N–H and O–H groups in total. The van der Waals surface area contributed by atoms with Gasteiger partial charge in [0.1, 0.15) is 0 Å². The number of anilines is 1. The van der Waals surface area contributed by atoms with Crippen molar-refractivity contribution in [3.05, 3.63) is 42.2 Å². The Morgan fingerprint density at radius 1 is 1.19 bits per heavy atom.